The number of allylic oxidation sites excluding steroid dienone is 5. The van der Waals surface area contributed by atoms with Gasteiger partial charge in [0, 0.05) is 5.69 Å². The van der Waals surface area contributed by atoms with Gasteiger partial charge in [-0.3, -0.25) is 5.32 Å². The highest BCUT2D eigenvalue weighted by atomic mass is 19.1. The highest BCUT2D eigenvalue weighted by molar-refractivity contribution is 5.85. The number of carbonyl (C=O) groups is 1. The number of nitrogens with zero attached hydrogens (tertiary/aromatic N) is 2. The first kappa shape index (κ1) is 21.8. The number of carbonyl (C=O) groups excluding carboxylic acids is 1. The van der Waals surface area contributed by atoms with Gasteiger partial charge in [0.25, 0.3) is 0 Å². The molecule has 0 fully saturated rings. The number of ether oxygens (including phenoxy) is 2. The monoisotopic (exact) mass is 423 g/mol. The third-order valence-electron chi connectivity index (χ3n) is 4.53. The second-order valence-corrected chi connectivity index (χ2v) is 6.72. The van der Waals surface area contributed by atoms with E-state index >= 15 is 0 Å². The van der Waals surface area contributed by atoms with Crippen LogP contribution < -0.4 is 15.1 Å². The van der Waals surface area contributed by atoms with Crippen molar-refractivity contribution >= 4 is 17.5 Å². The van der Waals surface area contributed by atoms with E-state index in [4.69, 9.17) is 9.47 Å². The number of benzene rings is 2. The first-order valence-electron chi connectivity index (χ1n) is 9.57. The number of nitrogens with one attached hydrogen (secondary N) is 1. The normalized spacial score (nSPS) is 12.8. The van der Waals surface area contributed by atoms with Crippen LogP contribution in [-0.2, 0) is 11.3 Å². The van der Waals surface area contributed by atoms with Gasteiger partial charge in [-0.15, -0.1) is 4.91 Å². The molecule has 1 amide bonds. The molecule has 1 N–H and O–H groups in total. The predicted octanol–water partition coefficient (Wildman–Crippen LogP) is 5.67. The summed E-state index contributed by atoms with van der Waals surface area (Å²) in [5.41, 5.74) is 2.75. The number of halogens is 1. The molecule has 0 radical (unpaired) electrons. The number of hydrogen-bond donors (Lipinski definition) is 1. The molecule has 0 saturated carbocycles. The Morgan fingerprint density at radius 3 is 2.55 bits per heavy atom. The van der Waals surface area contributed by atoms with Crippen molar-refractivity contribution in [3.05, 3.63) is 94.7 Å². The highest BCUT2D eigenvalue weighted by Crippen LogP contribution is 2.22. The minimum absolute atomic E-state index is 0.0583. The van der Waals surface area contributed by atoms with Crippen LogP contribution in [0.15, 0.2) is 89.5 Å². The third-order valence-corrected chi connectivity index (χ3v) is 4.53. The maximum absolute atomic E-state index is 13.1. The van der Waals surface area contributed by atoms with Gasteiger partial charge in [0.15, 0.2) is 0 Å². The van der Waals surface area contributed by atoms with Crippen molar-refractivity contribution in [3.8, 4) is 5.75 Å². The molecule has 1 aliphatic carbocycles. The van der Waals surface area contributed by atoms with E-state index in [0.717, 1.165) is 16.9 Å². The predicted molar refractivity (Wildman–Crippen MR) is 117 cm³/mol. The number of hydrogen-bond acceptors (Lipinski definition) is 5. The summed E-state index contributed by atoms with van der Waals surface area (Å²) in [4.78, 5) is 23.3. The Balaban J connectivity index is 1.54. The minimum atomic E-state index is -0.630. The van der Waals surface area contributed by atoms with E-state index in [1.807, 2.05) is 24.3 Å². The summed E-state index contributed by atoms with van der Waals surface area (Å²) in [6, 6.07) is 14.0. The van der Waals surface area contributed by atoms with Gasteiger partial charge in [-0.25, -0.2) is 14.2 Å². The van der Waals surface area contributed by atoms with Crippen molar-refractivity contribution < 1.29 is 18.7 Å². The van der Waals surface area contributed by atoms with E-state index < -0.39 is 6.09 Å². The van der Waals surface area contributed by atoms with Gasteiger partial charge in [-0.2, -0.15) is 0 Å². The van der Waals surface area contributed by atoms with Crippen molar-refractivity contribution in [3.63, 3.8) is 0 Å². The van der Waals surface area contributed by atoms with E-state index in [0.29, 0.717) is 24.3 Å². The van der Waals surface area contributed by atoms with E-state index in [1.165, 1.54) is 17.2 Å². The Labute approximate surface area is 179 Å². The van der Waals surface area contributed by atoms with Crippen LogP contribution in [0.4, 0.5) is 20.6 Å². The maximum atomic E-state index is 13.1. The largest absolute Gasteiger partial charge is 0.497 e. The maximum Gasteiger partial charge on any atom is 0.411 e. The van der Waals surface area contributed by atoms with Gasteiger partial charge in [-0.05, 0) is 66.1 Å². The number of rotatable bonds is 8. The molecule has 31 heavy (non-hydrogen) atoms. The Bertz CT molecular complexity index is 998. The Morgan fingerprint density at radius 1 is 1.13 bits per heavy atom. The molecule has 0 saturated heterocycles. The van der Waals surface area contributed by atoms with Crippen LogP contribution >= 0.6 is 0 Å². The first-order chi connectivity index (χ1) is 15.1. The zero-order valence-corrected chi connectivity index (χ0v) is 17.0. The summed E-state index contributed by atoms with van der Waals surface area (Å²) >= 11 is 0. The fourth-order valence-electron chi connectivity index (χ4n) is 2.85. The summed E-state index contributed by atoms with van der Waals surface area (Å²) in [5, 5.41) is 7.00. The van der Waals surface area contributed by atoms with Gasteiger partial charge < -0.3 is 9.47 Å². The van der Waals surface area contributed by atoms with Crippen LogP contribution in [0.25, 0.3) is 0 Å². The molecule has 0 heterocycles. The summed E-state index contributed by atoms with van der Waals surface area (Å²) < 4.78 is 23.5. The molecule has 0 aliphatic heterocycles. The Hall–Kier alpha value is -3.94. The van der Waals surface area contributed by atoms with E-state index in [2.05, 4.69) is 10.6 Å². The second-order valence-electron chi connectivity index (χ2n) is 6.72. The van der Waals surface area contributed by atoms with Crippen LogP contribution in [0, 0.1) is 4.91 Å². The van der Waals surface area contributed by atoms with Crippen molar-refractivity contribution in [1.82, 2.24) is 0 Å². The molecule has 0 unspecified atom stereocenters. The lowest BCUT2D eigenvalue weighted by molar-refractivity contribution is 0.171. The van der Waals surface area contributed by atoms with Gasteiger partial charge in [-0.1, -0.05) is 24.3 Å². The molecule has 3 rings (SSSR count). The molecule has 7 nitrogen and oxygen atoms in total. The lowest BCUT2D eigenvalue weighted by Crippen LogP contribution is -2.16. The van der Waals surface area contributed by atoms with Crippen LogP contribution in [0.5, 0.6) is 5.75 Å². The summed E-state index contributed by atoms with van der Waals surface area (Å²) in [7, 11) is 1.59. The number of anilines is 2. The average molecular weight is 423 g/mol. The van der Waals surface area contributed by atoms with Crippen LogP contribution in [0.2, 0.25) is 0 Å². The molecule has 0 aromatic heterocycles. The van der Waals surface area contributed by atoms with E-state index in [1.54, 1.807) is 43.5 Å². The Morgan fingerprint density at radius 2 is 1.87 bits per heavy atom. The average Bonchev–Trinajstić information content (AvgIpc) is 3.01. The number of methoxy groups -OCH3 is 1. The molecule has 8 heteroatoms. The van der Waals surface area contributed by atoms with Gasteiger partial charge >= 0.3 is 6.09 Å². The van der Waals surface area contributed by atoms with E-state index in [9.17, 15) is 14.1 Å². The lowest BCUT2D eigenvalue weighted by Gasteiger charge is -2.16. The second kappa shape index (κ2) is 10.7. The quantitative estimate of drug-likeness (QED) is 0.437. The molecule has 0 bridgehead atoms. The fraction of sp³-hybridized carbons (Fsp3) is 0.174. The molecule has 1 aliphatic rings. The van der Waals surface area contributed by atoms with Crippen LogP contribution in [-0.4, -0.2) is 19.8 Å². The number of amides is 1. The third kappa shape index (κ3) is 6.53. The first-order valence-corrected chi connectivity index (χ1v) is 9.57. The molecule has 0 spiro atoms. The lowest BCUT2D eigenvalue weighted by atomic mass is 10.2. The van der Waals surface area contributed by atoms with Gasteiger partial charge in [0.2, 0.25) is 0 Å². The van der Waals surface area contributed by atoms with Crippen LogP contribution in [0.1, 0.15) is 12.0 Å². The molecule has 160 valence electrons. The zero-order chi connectivity index (χ0) is 22.1. The SMILES string of the molecule is COc1ccc(CN(N=O)c2ccc(NC(=O)OCC3=CC=C(F)C=CC3)cc2)cc1. The molecular weight excluding hydrogens is 401 g/mol. The standard InChI is InChI=1S/C23H22FN3O4/c1-30-22-13-6-17(7-14-22)15-27(26-29)21-11-9-20(10-12-21)25-23(28)31-16-18-3-2-4-19(24)8-5-18/h2,4-14H,3,15-16H2,1H3,(H,25,28). The Kier molecular flexibility index (Phi) is 7.53. The summed E-state index contributed by atoms with van der Waals surface area (Å²) in [6.45, 7) is 0.351. The molecule has 0 atom stereocenters. The minimum Gasteiger partial charge on any atom is -0.497 e. The van der Waals surface area contributed by atoms with Crippen molar-refractivity contribution in [1.29, 1.82) is 0 Å². The van der Waals surface area contributed by atoms with Gasteiger partial charge in [0.1, 0.15) is 18.2 Å². The zero-order valence-electron chi connectivity index (χ0n) is 17.0. The number of nitroso groups, excluding NO2 is 1. The summed E-state index contributed by atoms with van der Waals surface area (Å²) in [6.07, 6.45) is 5.85. The molecule has 2 aromatic rings. The smallest absolute Gasteiger partial charge is 0.411 e. The molecular formula is C23H22FN3O4. The van der Waals surface area contributed by atoms with Crippen molar-refractivity contribution in [2.45, 2.75) is 13.0 Å². The van der Waals surface area contributed by atoms with E-state index in [-0.39, 0.29) is 12.4 Å². The van der Waals surface area contributed by atoms with Crippen molar-refractivity contribution in [2.75, 3.05) is 24.0 Å². The topological polar surface area (TPSA) is 80.2 Å². The fourth-order valence-corrected chi connectivity index (χ4v) is 2.85. The van der Waals surface area contributed by atoms with Gasteiger partial charge in [0.05, 0.1) is 24.6 Å². The highest BCUT2D eigenvalue weighted by Gasteiger charge is 2.10. The van der Waals surface area contributed by atoms with Crippen LogP contribution in [0.3, 0.4) is 0 Å². The molecule has 2 aromatic carbocycles. The van der Waals surface area contributed by atoms with Crippen molar-refractivity contribution in [2.24, 2.45) is 5.29 Å². The summed E-state index contributed by atoms with van der Waals surface area (Å²) in [5.74, 6) is 0.387.